The van der Waals surface area contributed by atoms with Gasteiger partial charge in [0.2, 0.25) is 5.78 Å². The van der Waals surface area contributed by atoms with E-state index < -0.39 is 23.6 Å². The molecule has 1 atom stereocenters. The van der Waals surface area contributed by atoms with Gasteiger partial charge < -0.3 is 11.1 Å². The average Bonchev–Trinajstić information content (AvgIpc) is 3.09. The fraction of sp³-hybridized carbons (Fsp3) is 0.182. The van der Waals surface area contributed by atoms with E-state index in [0.29, 0.717) is 11.3 Å². The summed E-state index contributed by atoms with van der Waals surface area (Å²) in [6.45, 7) is 1.96. The molecule has 1 aromatic heterocycles. The van der Waals surface area contributed by atoms with Gasteiger partial charge in [0.15, 0.2) is 0 Å². The van der Waals surface area contributed by atoms with Crippen LogP contribution in [0.25, 0.3) is 11.3 Å². The lowest BCUT2D eigenvalue weighted by Crippen LogP contribution is -2.47. The number of hydrogen-bond acceptors (Lipinski definition) is 4. The number of carbonyl (C=O) groups is 3. The number of amides is 2. The maximum absolute atomic E-state index is 13.0. The van der Waals surface area contributed by atoms with E-state index in [9.17, 15) is 14.4 Å². The Labute approximate surface area is 168 Å². The number of carbonyl (C=O) groups excluding carboxylic acids is 3. The molecule has 0 spiro atoms. The van der Waals surface area contributed by atoms with Crippen molar-refractivity contribution in [2.45, 2.75) is 19.4 Å². The van der Waals surface area contributed by atoms with Crippen molar-refractivity contribution in [1.82, 2.24) is 15.1 Å². The number of nitrogens with two attached hydrogens (primary N) is 1. The zero-order valence-corrected chi connectivity index (χ0v) is 16.3. The highest BCUT2D eigenvalue weighted by Gasteiger charge is 2.27. The van der Waals surface area contributed by atoms with Gasteiger partial charge in [0, 0.05) is 19.0 Å². The molecule has 0 radical (unpaired) electrons. The van der Waals surface area contributed by atoms with Gasteiger partial charge in [0.05, 0.1) is 17.5 Å². The minimum absolute atomic E-state index is 0.161. The van der Waals surface area contributed by atoms with Crippen LogP contribution in [-0.4, -0.2) is 33.4 Å². The Bertz CT molecular complexity index is 1060. The first-order valence-corrected chi connectivity index (χ1v) is 9.14. The number of nitrogens with one attached hydrogen (secondary N) is 1. The van der Waals surface area contributed by atoms with Crippen LogP contribution in [0.3, 0.4) is 0 Å². The van der Waals surface area contributed by atoms with Crippen LogP contribution >= 0.6 is 0 Å². The Hall–Kier alpha value is -3.74. The predicted molar refractivity (Wildman–Crippen MR) is 109 cm³/mol. The van der Waals surface area contributed by atoms with Crippen molar-refractivity contribution >= 4 is 17.6 Å². The van der Waals surface area contributed by atoms with Gasteiger partial charge in [0.1, 0.15) is 6.04 Å². The van der Waals surface area contributed by atoms with Crippen LogP contribution in [0.5, 0.6) is 0 Å². The highest BCUT2D eigenvalue weighted by Crippen LogP contribution is 2.24. The van der Waals surface area contributed by atoms with Crippen LogP contribution in [0.1, 0.15) is 21.5 Å². The average molecular weight is 390 g/mol. The summed E-state index contributed by atoms with van der Waals surface area (Å²) in [5.74, 6) is -2.43. The Morgan fingerprint density at radius 3 is 2.48 bits per heavy atom. The third kappa shape index (κ3) is 4.57. The summed E-state index contributed by atoms with van der Waals surface area (Å²) in [6, 6.07) is 15.7. The largest absolute Gasteiger partial charge is 0.363 e. The number of Topliss-reactive ketones (excluding diaryl/α,β-unsaturated/α-hetero) is 1. The summed E-state index contributed by atoms with van der Waals surface area (Å²) in [4.78, 5) is 36.8. The number of nitrogens with zero attached hydrogens (tertiary/aromatic N) is 2. The fourth-order valence-corrected chi connectivity index (χ4v) is 3.21. The Morgan fingerprint density at radius 1 is 1.10 bits per heavy atom. The zero-order valence-electron chi connectivity index (χ0n) is 16.3. The number of hydrogen-bond donors (Lipinski definition) is 2. The van der Waals surface area contributed by atoms with E-state index >= 15 is 0 Å². The molecule has 7 heteroatoms. The first-order chi connectivity index (χ1) is 13.9. The van der Waals surface area contributed by atoms with E-state index in [1.807, 2.05) is 61.5 Å². The molecule has 0 aliphatic heterocycles. The van der Waals surface area contributed by atoms with Crippen LogP contribution in [0, 0.1) is 6.92 Å². The molecule has 1 heterocycles. The molecule has 3 N–H and O–H groups in total. The van der Waals surface area contributed by atoms with Gasteiger partial charge in [-0.1, -0.05) is 54.1 Å². The van der Waals surface area contributed by atoms with E-state index in [-0.39, 0.29) is 6.42 Å². The second kappa shape index (κ2) is 8.52. The van der Waals surface area contributed by atoms with Crippen molar-refractivity contribution in [2.75, 3.05) is 0 Å². The van der Waals surface area contributed by atoms with Crippen molar-refractivity contribution in [3.05, 3.63) is 77.5 Å². The summed E-state index contributed by atoms with van der Waals surface area (Å²) in [5, 5.41) is 6.85. The lowest BCUT2D eigenvalue weighted by Gasteiger charge is -2.17. The summed E-state index contributed by atoms with van der Waals surface area (Å²) < 4.78 is 1.60. The number of primary amides is 1. The minimum atomic E-state index is -1.09. The smallest absolute Gasteiger partial charge is 0.287 e. The number of aromatic nitrogens is 2. The lowest BCUT2D eigenvalue weighted by molar-refractivity contribution is -0.137. The number of rotatable bonds is 7. The maximum atomic E-state index is 13.0. The van der Waals surface area contributed by atoms with Gasteiger partial charge in [0.25, 0.3) is 11.8 Å². The topological polar surface area (TPSA) is 107 Å². The third-order valence-electron chi connectivity index (χ3n) is 4.62. The van der Waals surface area contributed by atoms with Gasteiger partial charge >= 0.3 is 0 Å². The molecule has 1 unspecified atom stereocenters. The van der Waals surface area contributed by atoms with Crippen LogP contribution in [-0.2, 0) is 23.1 Å². The predicted octanol–water partition coefficient (Wildman–Crippen LogP) is 1.79. The fourth-order valence-electron chi connectivity index (χ4n) is 3.21. The van der Waals surface area contributed by atoms with Crippen molar-refractivity contribution in [2.24, 2.45) is 12.8 Å². The SMILES string of the molecule is Cc1cccc(-c2c(C(=O)NC(Cc3ccccc3)C(=O)C(N)=O)cnn2C)c1. The van der Waals surface area contributed by atoms with Crippen molar-refractivity contribution in [1.29, 1.82) is 0 Å². The quantitative estimate of drug-likeness (QED) is 0.600. The molecule has 2 amide bonds. The first kappa shape index (κ1) is 20.0. The molecule has 0 saturated carbocycles. The molecular formula is C22H22N4O3. The van der Waals surface area contributed by atoms with Crippen molar-refractivity contribution < 1.29 is 14.4 Å². The molecular weight excluding hydrogens is 368 g/mol. The number of ketones is 1. The van der Waals surface area contributed by atoms with E-state index in [0.717, 1.165) is 16.7 Å². The van der Waals surface area contributed by atoms with Gasteiger partial charge in [-0.2, -0.15) is 5.10 Å². The lowest BCUT2D eigenvalue weighted by atomic mass is 10.0. The molecule has 3 rings (SSSR count). The molecule has 0 saturated heterocycles. The van der Waals surface area contributed by atoms with Crippen LogP contribution in [0.15, 0.2) is 60.8 Å². The molecule has 7 nitrogen and oxygen atoms in total. The van der Waals surface area contributed by atoms with E-state index in [1.54, 1.807) is 11.7 Å². The van der Waals surface area contributed by atoms with Crippen LogP contribution in [0.2, 0.25) is 0 Å². The zero-order chi connectivity index (χ0) is 21.0. The molecule has 0 aliphatic rings. The van der Waals surface area contributed by atoms with Crippen molar-refractivity contribution in [3.8, 4) is 11.3 Å². The van der Waals surface area contributed by atoms with E-state index in [4.69, 9.17) is 5.73 Å². The Morgan fingerprint density at radius 2 is 1.83 bits per heavy atom. The molecule has 0 fully saturated rings. The highest BCUT2D eigenvalue weighted by atomic mass is 16.2. The summed E-state index contributed by atoms with van der Waals surface area (Å²) >= 11 is 0. The summed E-state index contributed by atoms with van der Waals surface area (Å²) in [7, 11) is 1.74. The molecule has 148 valence electrons. The second-order valence-corrected chi connectivity index (χ2v) is 6.84. The van der Waals surface area contributed by atoms with Gasteiger partial charge in [-0.15, -0.1) is 0 Å². The first-order valence-electron chi connectivity index (χ1n) is 9.14. The Kier molecular flexibility index (Phi) is 5.87. The van der Waals surface area contributed by atoms with Gasteiger partial charge in [-0.25, -0.2) is 0 Å². The summed E-state index contributed by atoms with van der Waals surface area (Å²) in [5.41, 5.74) is 8.80. The van der Waals surface area contributed by atoms with Gasteiger partial charge in [-0.05, 0) is 18.6 Å². The van der Waals surface area contributed by atoms with Crippen LogP contribution < -0.4 is 11.1 Å². The molecule has 3 aromatic rings. The molecule has 29 heavy (non-hydrogen) atoms. The monoisotopic (exact) mass is 390 g/mol. The minimum Gasteiger partial charge on any atom is -0.363 e. The molecule has 0 aliphatic carbocycles. The second-order valence-electron chi connectivity index (χ2n) is 6.84. The number of aryl methyl sites for hydroxylation is 2. The number of benzene rings is 2. The standard InChI is InChI=1S/C22H22N4O3/c1-14-7-6-10-16(11-14)19-17(13-24-26(19)2)22(29)25-18(20(27)21(23)28)12-15-8-4-3-5-9-15/h3-11,13,18H,12H2,1-2H3,(H2,23,28)(H,25,29). The van der Waals surface area contributed by atoms with Crippen LogP contribution in [0.4, 0.5) is 0 Å². The summed E-state index contributed by atoms with van der Waals surface area (Å²) in [6.07, 6.45) is 1.61. The van der Waals surface area contributed by atoms with Crippen molar-refractivity contribution in [3.63, 3.8) is 0 Å². The third-order valence-corrected chi connectivity index (χ3v) is 4.62. The van der Waals surface area contributed by atoms with Gasteiger partial charge in [-0.3, -0.25) is 19.1 Å². The highest BCUT2D eigenvalue weighted by molar-refractivity contribution is 6.38. The normalized spacial score (nSPS) is 11.7. The van der Waals surface area contributed by atoms with E-state index in [1.165, 1.54) is 6.20 Å². The van der Waals surface area contributed by atoms with E-state index in [2.05, 4.69) is 10.4 Å². The molecule has 2 aromatic carbocycles. The molecule has 0 bridgehead atoms. The Balaban J connectivity index is 1.91. The maximum Gasteiger partial charge on any atom is 0.287 e.